The Morgan fingerprint density at radius 1 is 1.12 bits per heavy atom. The van der Waals surface area contributed by atoms with Crippen LogP contribution in [0.3, 0.4) is 0 Å². The van der Waals surface area contributed by atoms with Crippen LogP contribution in [0.15, 0.2) is 24.3 Å². The van der Waals surface area contributed by atoms with E-state index in [-0.39, 0.29) is 23.7 Å². The van der Waals surface area contributed by atoms with E-state index in [1.807, 2.05) is 4.90 Å². The van der Waals surface area contributed by atoms with Gasteiger partial charge in [-0.15, -0.1) is 0 Å². The Morgan fingerprint density at radius 2 is 1.81 bits per heavy atom. The first-order valence-corrected chi connectivity index (χ1v) is 9.31. The number of carbonyl (C=O) groups excluding carboxylic acids is 2. The number of carbonyl (C=O) groups is 2. The van der Waals surface area contributed by atoms with Gasteiger partial charge in [0.25, 0.3) is 11.6 Å². The molecule has 2 unspecified atom stereocenters. The SMILES string of the molecule is O=C(NCC(=O)N1CC2C[C@@H]3CC1C[C@H](C2)C3)c1cccc([N+](=O)[O-])c1. The summed E-state index contributed by atoms with van der Waals surface area (Å²) in [6.07, 6.45) is 5.97. The molecule has 26 heavy (non-hydrogen) atoms. The van der Waals surface area contributed by atoms with Crippen LogP contribution in [-0.2, 0) is 4.79 Å². The standard InChI is InChI=1S/C19H23N3O4/c23-18(10-20-19(24)15-2-1-3-16(9-15)22(25)26)21-11-14-5-12-4-13(6-14)8-17(21)7-12/h1-3,9,12-14,17H,4-8,10-11H2,(H,20,24)/t12-,13+,14?,17?. The number of benzene rings is 1. The van der Waals surface area contributed by atoms with Crippen molar-refractivity contribution in [1.29, 1.82) is 0 Å². The highest BCUT2D eigenvalue weighted by Crippen LogP contribution is 2.47. The van der Waals surface area contributed by atoms with Gasteiger partial charge in [0.05, 0.1) is 11.5 Å². The highest BCUT2D eigenvalue weighted by atomic mass is 16.6. The van der Waals surface area contributed by atoms with Gasteiger partial charge in [0.15, 0.2) is 0 Å². The van der Waals surface area contributed by atoms with Crippen molar-refractivity contribution in [3.8, 4) is 0 Å². The number of nitro benzene ring substituents is 1. The zero-order valence-electron chi connectivity index (χ0n) is 14.6. The minimum Gasteiger partial charge on any atom is -0.343 e. The second-order valence-corrected chi connectivity index (χ2v) is 7.97. The van der Waals surface area contributed by atoms with E-state index in [4.69, 9.17) is 0 Å². The Morgan fingerprint density at radius 3 is 2.50 bits per heavy atom. The smallest absolute Gasteiger partial charge is 0.270 e. The summed E-state index contributed by atoms with van der Waals surface area (Å²) >= 11 is 0. The van der Waals surface area contributed by atoms with Crippen LogP contribution >= 0.6 is 0 Å². The van der Waals surface area contributed by atoms with Crippen LogP contribution in [-0.4, -0.2) is 40.8 Å². The Labute approximate surface area is 151 Å². The molecule has 0 spiro atoms. The fraction of sp³-hybridized carbons (Fsp3) is 0.579. The van der Waals surface area contributed by atoms with E-state index in [0.717, 1.165) is 31.2 Å². The second kappa shape index (κ2) is 6.70. The van der Waals surface area contributed by atoms with Crippen molar-refractivity contribution in [2.24, 2.45) is 17.8 Å². The van der Waals surface area contributed by atoms with E-state index in [0.29, 0.717) is 12.0 Å². The first kappa shape index (κ1) is 17.0. The highest BCUT2D eigenvalue weighted by molar-refractivity contribution is 5.97. The molecular weight excluding hydrogens is 334 g/mol. The fourth-order valence-electron chi connectivity index (χ4n) is 5.21. The van der Waals surface area contributed by atoms with Crippen molar-refractivity contribution < 1.29 is 14.5 Å². The van der Waals surface area contributed by atoms with Gasteiger partial charge in [-0.2, -0.15) is 0 Å². The summed E-state index contributed by atoms with van der Waals surface area (Å²) in [4.78, 5) is 37.3. The van der Waals surface area contributed by atoms with Crippen LogP contribution in [0.2, 0.25) is 0 Å². The summed E-state index contributed by atoms with van der Waals surface area (Å²) in [7, 11) is 0. The predicted molar refractivity (Wildman–Crippen MR) is 94.5 cm³/mol. The Balaban J connectivity index is 1.39. The number of hydrogen-bond donors (Lipinski definition) is 1. The van der Waals surface area contributed by atoms with E-state index < -0.39 is 10.8 Å². The summed E-state index contributed by atoms with van der Waals surface area (Å²) < 4.78 is 0. The molecule has 4 bridgehead atoms. The molecule has 2 aliphatic heterocycles. The Kier molecular flexibility index (Phi) is 4.38. The quantitative estimate of drug-likeness (QED) is 0.661. The molecule has 4 fully saturated rings. The Bertz CT molecular complexity index is 736. The van der Waals surface area contributed by atoms with Crippen LogP contribution in [0.5, 0.6) is 0 Å². The largest absolute Gasteiger partial charge is 0.343 e. The van der Waals surface area contributed by atoms with Crippen molar-refractivity contribution in [2.75, 3.05) is 13.1 Å². The molecule has 4 aliphatic rings. The van der Waals surface area contributed by atoms with Gasteiger partial charge >= 0.3 is 0 Å². The van der Waals surface area contributed by atoms with Crippen molar-refractivity contribution in [3.05, 3.63) is 39.9 Å². The third kappa shape index (κ3) is 3.30. The number of non-ortho nitro benzene ring substituents is 1. The summed E-state index contributed by atoms with van der Waals surface area (Å²) in [5.41, 5.74) is 0.0624. The molecule has 7 heteroatoms. The maximum atomic E-state index is 12.7. The Hall–Kier alpha value is -2.44. The molecule has 2 heterocycles. The number of nitrogens with zero attached hydrogens (tertiary/aromatic N) is 2. The minimum atomic E-state index is -0.537. The van der Waals surface area contributed by atoms with Crippen molar-refractivity contribution in [2.45, 2.75) is 38.1 Å². The first-order valence-electron chi connectivity index (χ1n) is 9.31. The van der Waals surface area contributed by atoms with Crippen molar-refractivity contribution in [3.63, 3.8) is 0 Å². The average Bonchev–Trinajstić information content (AvgIpc) is 2.83. The van der Waals surface area contributed by atoms with Gasteiger partial charge in [-0.1, -0.05) is 6.07 Å². The molecule has 138 valence electrons. The zero-order chi connectivity index (χ0) is 18.3. The molecule has 1 N–H and O–H groups in total. The molecule has 1 aromatic carbocycles. The van der Waals surface area contributed by atoms with E-state index in [9.17, 15) is 19.7 Å². The number of hydrogen-bond acceptors (Lipinski definition) is 4. The highest BCUT2D eigenvalue weighted by Gasteiger charge is 2.43. The molecule has 0 radical (unpaired) electrons. The molecule has 2 aliphatic carbocycles. The summed E-state index contributed by atoms with van der Waals surface area (Å²) in [6.45, 7) is 0.753. The molecule has 2 saturated carbocycles. The molecule has 2 saturated heterocycles. The van der Waals surface area contributed by atoms with E-state index in [1.54, 1.807) is 0 Å². The summed E-state index contributed by atoms with van der Waals surface area (Å²) in [5, 5.41) is 13.5. The van der Waals surface area contributed by atoms with Crippen molar-refractivity contribution >= 4 is 17.5 Å². The van der Waals surface area contributed by atoms with E-state index in [1.165, 1.54) is 43.5 Å². The minimum absolute atomic E-state index is 0.0398. The maximum absolute atomic E-state index is 12.7. The molecular formula is C19H23N3O4. The van der Waals surface area contributed by atoms with Gasteiger partial charge in [-0.25, -0.2) is 0 Å². The first-order chi connectivity index (χ1) is 12.5. The average molecular weight is 357 g/mol. The van der Waals surface area contributed by atoms with Gasteiger partial charge in [-0.3, -0.25) is 19.7 Å². The molecule has 2 amide bonds. The molecule has 7 nitrogen and oxygen atoms in total. The van der Waals surface area contributed by atoms with Crippen LogP contribution in [0, 0.1) is 27.9 Å². The van der Waals surface area contributed by atoms with Crippen LogP contribution in [0.4, 0.5) is 5.69 Å². The third-order valence-electron chi connectivity index (χ3n) is 6.15. The lowest BCUT2D eigenvalue weighted by Crippen LogP contribution is -2.46. The molecule has 4 atom stereocenters. The van der Waals surface area contributed by atoms with Gasteiger partial charge in [0, 0.05) is 30.3 Å². The zero-order valence-corrected chi connectivity index (χ0v) is 14.6. The number of amides is 2. The fourth-order valence-corrected chi connectivity index (χ4v) is 5.21. The normalized spacial score (nSPS) is 29.3. The lowest BCUT2D eigenvalue weighted by molar-refractivity contribution is -0.384. The number of nitrogens with one attached hydrogen (secondary N) is 1. The van der Waals surface area contributed by atoms with Crippen LogP contribution in [0.1, 0.15) is 42.5 Å². The lowest BCUT2D eigenvalue weighted by Gasteiger charge is -2.39. The number of rotatable bonds is 4. The number of nitro groups is 1. The maximum Gasteiger partial charge on any atom is 0.270 e. The monoisotopic (exact) mass is 357 g/mol. The lowest BCUT2D eigenvalue weighted by atomic mass is 9.68. The van der Waals surface area contributed by atoms with Gasteiger partial charge in [0.2, 0.25) is 5.91 Å². The van der Waals surface area contributed by atoms with Crippen LogP contribution < -0.4 is 5.32 Å². The van der Waals surface area contributed by atoms with Crippen molar-refractivity contribution in [1.82, 2.24) is 10.2 Å². The van der Waals surface area contributed by atoms with Crippen LogP contribution in [0.25, 0.3) is 0 Å². The molecule has 5 rings (SSSR count). The summed E-state index contributed by atoms with van der Waals surface area (Å²) in [6, 6.07) is 5.86. The molecule has 0 aromatic heterocycles. The van der Waals surface area contributed by atoms with Gasteiger partial charge in [0.1, 0.15) is 0 Å². The van der Waals surface area contributed by atoms with E-state index >= 15 is 0 Å². The van der Waals surface area contributed by atoms with E-state index in [2.05, 4.69) is 5.32 Å². The van der Waals surface area contributed by atoms with Gasteiger partial charge in [-0.05, 0) is 55.9 Å². The predicted octanol–water partition coefficient (Wildman–Crippen LogP) is 2.36. The van der Waals surface area contributed by atoms with Gasteiger partial charge < -0.3 is 10.2 Å². The summed E-state index contributed by atoms with van der Waals surface area (Å²) in [5.74, 6) is 1.62. The number of fused-ring (bicyclic) bond motifs is 1. The third-order valence-corrected chi connectivity index (χ3v) is 6.15. The second-order valence-electron chi connectivity index (χ2n) is 7.97. The topological polar surface area (TPSA) is 92.6 Å². The molecule has 1 aromatic rings.